The Kier molecular flexibility index (Phi) is 7.29. The van der Waals surface area contributed by atoms with Crippen LogP contribution in [-0.2, 0) is 4.79 Å². The Labute approximate surface area is 186 Å². The minimum Gasteiger partial charge on any atom is -0.508 e. The van der Waals surface area contributed by atoms with Crippen molar-refractivity contribution in [2.24, 2.45) is 0 Å². The molecular formula is C27H34N2O2. The molecule has 2 aromatic rings. The van der Waals surface area contributed by atoms with Crippen LogP contribution in [0.2, 0.25) is 0 Å². The van der Waals surface area contributed by atoms with Gasteiger partial charge in [0.05, 0.1) is 0 Å². The quantitative estimate of drug-likeness (QED) is 0.525. The van der Waals surface area contributed by atoms with Gasteiger partial charge in [-0.15, -0.1) is 0 Å². The van der Waals surface area contributed by atoms with Crippen molar-refractivity contribution < 1.29 is 9.90 Å². The minimum atomic E-state index is -0.155. The molecule has 0 aromatic heterocycles. The van der Waals surface area contributed by atoms with Gasteiger partial charge in [-0.1, -0.05) is 50.7 Å². The Balaban J connectivity index is 1.42. The van der Waals surface area contributed by atoms with E-state index in [1.54, 1.807) is 30.3 Å². The first kappa shape index (κ1) is 21.5. The maximum absolute atomic E-state index is 12.3. The van der Waals surface area contributed by atoms with Crippen molar-refractivity contribution in [3.8, 4) is 5.75 Å². The fraction of sp³-hybridized carbons (Fsp3) is 0.444. The summed E-state index contributed by atoms with van der Waals surface area (Å²) in [6.07, 6.45) is 16.6. The number of hydrogen-bond acceptors (Lipinski definition) is 3. The highest BCUT2D eigenvalue weighted by Crippen LogP contribution is 2.34. The Hall–Kier alpha value is -2.75. The van der Waals surface area contributed by atoms with Gasteiger partial charge in [-0.05, 0) is 73.7 Å². The van der Waals surface area contributed by atoms with Crippen molar-refractivity contribution in [2.75, 3.05) is 10.2 Å². The number of aromatic hydroxyl groups is 1. The summed E-state index contributed by atoms with van der Waals surface area (Å²) >= 11 is 0. The summed E-state index contributed by atoms with van der Waals surface area (Å²) in [5.74, 6) is 0.0643. The van der Waals surface area contributed by atoms with Crippen molar-refractivity contribution in [2.45, 2.75) is 76.3 Å². The Bertz CT molecular complexity index is 843. The SMILES string of the molecule is O=C(/C=C/c1ccc(O)cc1)Nc1ccc(N(C2CCCCC2)C2CCCCC2)cc1. The number of rotatable bonds is 6. The van der Waals surface area contributed by atoms with E-state index in [9.17, 15) is 9.90 Å². The van der Waals surface area contributed by atoms with Crippen molar-refractivity contribution >= 4 is 23.4 Å². The second-order valence-electron chi connectivity index (χ2n) is 8.95. The molecule has 2 fully saturated rings. The predicted molar refractivity (Wildman–Crippen MR) is 128 cm³/mol. The lowest BCUT2D eigenvalue weighted by molar-refractivity contribution is -0.111. The molecule has 0 heterocycles. The van der Waals surface area contributed by atoms with Gasteiger partial charge in [0, 0.05) is 29.5 Å². The van der Waals surface area contributed by atoms with Gasteiger partial charge < -0.3 is 15.3 Å². The Morgan fingerprint density at radius 1 is 0.806 bits per heavy atom. The monoisotopic (exact) mass is 418 g/mol. The fourth-order valence-corrected chi connectivity index (χ4v) is 5.10. The van der Waals surface area contributed by atoms with E-state index < -0.39 is 0 Å². The molecule has 2 saturated carbocycles. The van der Waals surface area contributed by atoms with Gasteiger partial charge >= 0.3 is 0 Å². The number of amides is 1. The molecule has 31 heavy (non-hydrogen) atoms. The predicted octanol–water partition coefficient (Wildman–Crippen LogP) is 6.52. The molecule has 0 atom stereocenters. The molecule has 164 valence electrons. The van der Waals surface area contributed by atoms with Gasteiger partial charge in [-0.2, -0.15) is 0 Å². The zero-order valence-corrected chi connectivity index (χ0v) is 18.3. The van der Waals surface area contributed by atoms with Gasteiger partial charge in [0.2, 0.25) is 5.91 Å². The zero-order valence-electron chi connectivity index (χ0n) is 18.3. The van der Waals surface area contributed by atoms with Crippen LogP contribution in [0.4, 0.5) is 11.4 Å². The van der Waals surface area contributed by atoms with Crippen molar-refractivity contribution in [1.82, 2.24) is 0 Å². The Morgan fingerprint density at radius 3 is 1.90 bits per heavy atom. The number of hydrogen-bond donors (Lipinski definition) is 2. The summed E-state index contributed by atoms with van der Waals surface area (Å²) in [6, 6.07) is 16.5. The zero-order chi connectivity index (χ0) is 21.5. The number of nitrogens with zero attached hydrogens (tertiary/aromatic N) is 1. The summed E-state index contributed by atoms with van der Waals surface area (Å²) in [6.45, 7) is 0. The lowest BCUT2D eigenvalue weighted by Crippen LogP contribution is -2.45. The summed E-state index contributed by atoms with van der Waals surface area (Å²) in [5, 5.41) is 12.3. The summed E-state index contributed by atoms with van der Waals surface area (Å²) in [7, 11) is 0. The van der Waals surface area contributed by atoms with Gasteiger partial charge in [-0.25, -0.2) is 0 Å². The van der Waals surface area contributed by atoms with Crippen LogP contribution < -0.4 is 10.2 Å². The van der Waals surface area contributed by atoms with E-state index in [0.717, 1.165) is 11.3 Å². The number of benzene rings is 2. The van der Waals surface area contributed by atoms with E-state index >= 15 is 0 Å². The van der Waals surface area contributed by atoms with Crippen LogP contribution in [-0.4, -0.2) is 23.1 Å². The number of carbonyl (C=O) groups is 1. The number of carbonyl (C=O) groups excluding carboxylic acids is 1. The van der Waals surface area contributed by atoms with E-state index in [1.165, 1.54) is 76.0 Å². The van der Waals surface area contributed by atoms with Crippen LogP contribution in [0.1, 0.15) is 69.8 Å². The molecule has 0 bridgehead atoms. The smallest absolute Gasteiger partial charge is 0.248 e. The first-order valence-electron chi connectivity index (χ1n) is 11.9. The van der Waals surface area contributed by atoms with E-state index in [0.29, 0.717) is 12.1 Å². The second-order valence-corrected chi connectivity index (χ2v) is 8.95. The van der Waals surface area contributed by atoms with Gasteiger partial charge in [0.25, 0.3) is 0 Å². The minimum absolute atomic E-state index is 0.155. The summed E-state index contributed by atoms with van der Waals surface area (Å²) in [5.41, 5.74) is 2.99. The molecule has 2 N–H and O–H groups in total. The van der Waals surface area contributed by atoms with E-state index in [2.05, 4.69) is 22.3 Å². The molecular weight excluding hydrogens is 384 g/mol. The normalized spacial score (nSPS) is 18.2. The lowest BCUT2D eigenvalue weighted by Gasteiger charge is -2.43. The van der Waals surface area contributed by atoms with Crippen molar-refractivity contribution in [1.29, 1.82) is 0 Å². The van der Waals surface area contributed by atoms with E-state index in [-0.39, 0.29) is 11.7 Å². The fourth-order valence-electron chi connectivity index (χ4n) is 5.10. The van der Waals surface area contributed by atoms with Crippen LogP contribution in [0.5, 0.6) is 5.75 Å². The van der Waals surface area contributed by atoms with Crippen LogP contribution in [0.3, 0.4) is 0 Å². The Morgan fingerprint density at radius 2 is 1.35 bits per heavy atom. The maximum Gasteiger partial charge on any atom is 0.248 e. The molecule has 4 heteroatoms. The molecule has 0 aliphatic heterocycles. The third kappa shape index (κ3) is 5.90. The molecule has 1 amide bonds. The third-order valence-electron chi connectivity index (χ3n) is 6.69. The van der Waals surface area contributed by atoms with E-state index in [4.69, 9.17) is 0 Å². The number of phenolic OH excluding ortho intramolecular Hbond substituents is 1. The highest BCUT2D eigenvalue weighted by Gasteiger charge is 2.29. The van der Waals surface area contributed by atoms with Crippen LogP contribution >= 0.6 is 0 Å². The second kappa shape index (κ2) is 10.5. The molecule has 0 radical (unpaired) electrons. The number of anilines is 2. The largest absolute Gasteiger partial charge is 0.508 e. The van der Waals surface area contributed by atoms with Crippen LogP contribution in [0.25, 0.3) is 6.08 Å². The molecule has 0 spiro atoms. The standard InChI is InChI=1S/C27H34N2O2/c30-26-18-11-21(12-19-26)13-20-27(31)28-22-14-16-25(17-15-22)29(23-7-3-1-4-8-23)24-9-5-2-6-10-24/h11-20,23-24,30H,1-10H2,(H,28,31)/b20-13+. The summed E-state index contributed by atoms with van der Waals surface area (Å²) in [4.78, 5) is 15.0. The van der Waals surface area contributed by atoms with Gasteiger partial charge in [-0.3, -0.25) is 4.79 Å². The van der Waals surface area contributed by atoms with E-state index in [1.807, 2.05) is 12.1 Å². The molecule has 2 aliphatic rings. The van der Waals surface area contributed by atoms with Crippen molar-refractivity contribution in [3.05, 3.63) is 60.2 Å². The van der Waals surface area contributed by atoms with Gasteiger partial charge in [0.1, 0.15) is 5.75 Å². The highest BCUT2D eigenvalue weighted by molar-refractivity contribution is 6.02. The highest BCUT2D eigenvalue weighted by atomic mass is 16.3. The molecule has 0 saturated heterocycles. The van der Waals surface area contributed by atoms with Crippen LogP contribution in [0.15, 0.2) is 54.6 Å². The molecule has 4 rings (SSSR count). The number of phenols is 1. The average molecular weight is 419 g/mol. The third-order valence-corrected chi connectivity index (χ3v) is 6.69. The van der Waals surface area contributed by atoms with Crippen LogP contribution in [0, 0.1) is 0 Å². The first-order valence-corrected chi connectivity index (χ1v) is 11.9. The molecule has 2 aliphatic carbocycles. The summed E-state index contributed by atoms with van der Waals surface area (Å²) < 4.78 is 0. The average Bonchev–Trinajstić information content (AvgIpc) is 2.81. The first-order chi connectivity index (χ1) is 15.2. The molecule has 4 nitrogen and oxygen atoms in total. The lowest BCUT2D eigenvalue weighted by atomic mass is 9.88. The number of nitrogens with one attached hydrogen (secondary N) is 1. The van der Waals surface area contributed by atoms with Crippen molar-refractivity contribution in [3.63, 3.8) is 0 Å². The topological polar surface area (TPSA) is 52.6 Å². The molecule has 0 unspecified atom stereocenters. The maximum atomic E-state index is 12.3. The van der Waals surface area contributed by atoms with Gasteiger partial charge in [0.15, 0.2) is 0 Å². The molecule has 2 aromatic carbocycles.